The maximum absolute atomic E-state index is 12.3. The molecule has 3 rings (SSSR count). The van der Waals surface area contributed by atoms with Gasteiger partial charge < -0.3 is 10.6 Å². The van der Waals surface area contributed by atoms with Crippen LogP contribution in [0.1, 0.15) is 48.0 Å². The third-order valence-corrected chi connectivity index (χ3v) is 4.42. The number of allylic oxidation sites excluding steroid dienone is 1. The molecule has 4 heteroatoms. The monoisotopic (exact) mass is 335 g/mol. The van der Waals surface area contributed by atoms with E-state index < -0.39 is 0 Å². The van der Waals surface area contributed by atoms with E-state index in [1.54, 1.807) is 12.4 Å². The van der Waals surface area contributed by atoms with Crippen molar-refractivity contribution in [3.63, 3.8) is 0 Å². The Bertz CT molecular complexity index is 767. The number of nitrogens with one attached hydrogen (secondary N) is 2. The molecule has 1 heterocycles. The zero-order chi connectivity index (χ0) is 17.5. The second-order valence-electron chi connectivity index (χ2n) is 6.57. The number of aromatic nitrogens is 1. The van der Waals surface area contributed by atoms with Gasteiger partial charge in [-0.1, -0.05) is 23.8 Å². The molecule has 0 aliphatic heterocycles. The first-order valence-electron chi connectivity index (χ1n) is 8.95. The molecule has 0 spiro atoms. The number of aryl methyl sites for hydroxylation is 1. The van der Waals surface area contributed by atoms with Gasteiger partial charge in [-0.05, 0) is 62.8 Å². The van der Waals surface area contributed by atoms with Gasteiger partial charge in [0.25, 0.3) is 5.91 Å². The standard InChI is InChI=1S/C21H25N3O/c1-16-6-5-9-19(12-16)24-20-13-18(14-22-15-20)21(25)23-11-10-17-7-3-2-4-8-17/h5-7,9,12-15,24H,2-4,8,10-11H2,1H3,(H,23,25). The zero-order valence-electron chi connectivity index (χ0n) is 14.7. The lowest BCUT2D eigenvalue weighted by Crippen LogP contribution is -2.25. The van der Waals surface area contributed by atoms with Crippen LogP contribution in [0.4, 0.5) is 11.4 Å². The number of anilines is 2. The molecule has 0 unspecified atom stereocenters. The molecule has 1 aliphatic carbocycles. The molecule has 0 atom stereocenters. The Balaban J connectivity index is 1.56. The maximum Gasteiger partial charge on any atom is 0.252 e. The summed E-state index contributed by atoms with van der Waals surface area (Å²) in [6.07, 6.45) is 11.5. The SMILES string of the molecule is Cc1cccc(Nc2cncc(C(=O)NCCC3=CCCCC3)c2)c1. The van der Waals surface area contributed by atoms with Crippen LogP contribution in [0, 0.1) is 6.92 Å². The fraction of sp³-hybridized carbons (Fsp3) is 0.333. The van der Waals surface area contributed by atoms with E-state index in [1.807, 2.05) is 18.2 Å². The minimum absolute atomic E-state index is 0.0724. The smallest absolute Gasteiger partial charge is 0.252 e. The predicted molar refractivity (Wildman–Crippen MR) is 102 cm³/mol. The molecule has 0 saturated carbocycles. The summed E-state index contributed by atoms with van der Waals surface area (Å²) in [7, 11) is 0. The van der Waals surface area contributed by atoms with Gasteiger partial charge in [0.05, 0.1) is 17.4 Å². The molecule has 25 heavy (non-hydrogen) atoms. The second-order valence-corrected chi connectivity index (χ2v) is 6.57. The average molecular weight is 335 g/mol. The lowest BCUT2D eigenvalue weighted by molar-refractivity contribution is 0.0953. The highest BCUT2D eigenvalue weighted by molar-refractivity contribution is 5.94. The van der Waals surface area contributed by atoms with Crippen molar-refractivity contribution in [1.29, 1.82) is 0 Å². The van der Waals surface area contributed by atoms with Crippen LogP contribution in [-0.4, -0.2) is 17.4 Å². The van der Waals surface area contributed by atoms with Crippen LogP contribution in [-0.2, 0) is 0 Å². The van der Waals surface area contributed by atoms with Crippen molar-refractivity contribution in [2.75, 3.05) is 11.9 Å². The van der Waals surface area contributed by atoms with Gasteiger partial charge >= 0.3 is 0 Å². The number of benzene rings is 1. The summed E-state index contributed by atoms with van der Waals surface area (Å²) in [4.78, 5) is 16.5. The fourth-order valence-electron chi connectivity index (χ4n) is 3.09. The zero-order valence-corrected chi connectivity index (χ0v) is 14.7. The highest BCUT2D eigenvalue weighted by Gasteiger charge is 2.08. The van der Waals surface area contributed by atoms with Gasteiger partial charge in [0.1, 0.15) is 0 Å². The lowest BCUT2D eigenvalue weighted by Gasteiger charge is -2.13. The summed E-state index contributed by atoms with van der Waals surface area (Å²) >= 11 is 0. The van der Waals surface area contributed by atoms with E-state index in [0.717, 1.165) is 17.8 Å². The molecule has 4 nitrogen and oxygen atoms in total. The molecule has 0 radical (unpaired) electrons. The third-order valence-electron chi connectivity index (χ3n) is 4.42. The van der Waals surface area contributed by atoms with Crippen LogP contribution in [0.5, 0.6) is 0 Å². The molecule has 2 aromatic rings. The topological polar surface area (TPSA) is 54.0 Å². The second kappa shape index (κ2) is 8.47. The molecule has 0 saturated heterocycles. The first-order chi connectivity index (χ1) is 12.2. The number of nitrogens with zero attached hydrogens (tertiary/aromatic N) is 1. The number of carbonyl (C=O) groups excluding carboxylic acids is 1. The van der Waals surface area contributed by atoms with Gasteiger partial charge in [0.15, 0.2) is 0 Å². The van der Waals surface area contributed by atoms with Crippen LogP contribution >= 0.6 is 0 Å². The maximum atomic E-state index is 12.3. The van der Waals surface area contributed by atoms with Crippen molar-refractivity contribution in [1.82, 2.24) is 10.3 Å². The largest absolute Gasteiger partial charge is 0.354 e. The van der Waals surface area contributed by atoms with Gasteiger partial charge in [-0.15, -0.1) is 0 Å². The number of rotatable bonds is 6. The number of hydrogen-bond acceptors (Lipinski definition) is 3. The summed E-state index contributed by atoms with van der Waals surface area (Å²) in [5.41, 5.74) is 5.04. The highest BCUT2D eigenvalue weighted by Crippen LogP contribution is 2.20. The van der Waals surface area contributed by atoms with E-state index in [0.29, 0.717) is 12.1 Å². The van der Waals surface area contributed by atoms with Crippen molar-refractivity contribution >= 4 is 17.3 Å². The molecule has 2 N–H and O–H groups in total. The first kappa shape index (κ1) is 17.2. The predicted octanol–water partition coefficient (Wildman–Crippen LogP) is 4.75. The summed E-state index contributed by atoms with van der Waals surface area (Å²) in [5.74, 6) is -0.0724. The molecule has 0 fully saturated rings. The first-order valence-corrected chi connectivity index (χ1v) is 8.95. The average Bonchev–Trinajstić information content (AvgIpc) is 2.63. The number of pyridine rings is 1. The van der Waals surface area contributed by atoms with E-state index >= 15 is 0 Å². The molecule has 0 bridgehead atoms. The van der Waals surface area contributed by atoms with E-state index in [4.69, 9.17) is 0 Å². The summed E-state index contributed by atoms with van der Waals surface area (Å²) in [6, 6.07) is 9.95. The summed E-state index contributed by atoms with van der Waals surface area (Å²) < 4.78 is 0. The highest BCUT2D eigenvalue weighted by atomic mass is 16.1. The van der Waals surface area contributed by atoms with Gasteiger partial charge in [0.2, 0.25) is 0 Å². The van der Waals surface area contributed by atoms with Crippen molar-refractivity contribution in [2.45, 2.75) is 39.0 Å². The normalized spacial score (nSPS) is 13.9. The summed E-state index contributed by atoms with van der Waals surface area (Å²) in [6.45, 7) is 2.73. The van der Waals surface area contributed by atoms with Crippen molar-refractivity contribution in [3.05, 3.63) is 65.5 Å². The van der Waals surface area contributed by atoms with Crippen LogP contribution in [0.15, 0.2) is 54.4 Å². The van der Waals surface area contributed by atoms with Crippen LogP contribution < -0.4 is 10.6 Å². The van der Waals surface area contributed by atoms with Crippen LogP contribution in [0.3, 0.4) is 0 Å². The molecular weight excluding hydrogens is 310 g/mol. The van der Waals surface area contributed by atoms with Gasteiger partial charge in [-0.3, -0.25) is 9.78 Å². The summed E-state index contributed by atoms with van der Waals surface area (Å²) in [5, 5.41) is 6.30. The van der Waals surface area contributed by atoms with Crippen molar-refractivity contribution in [3.8, 4) is 0 Å². The number of carbonyl (C=O) groups is 1. The molecule has 1 aromatic carbocycles. The quantitative estimate of drug-likeness (QED) is 0.749. The Kier molecular flexibility index (Phi) is 5.83. The van der Waals surface area contributed by atoms with E-state index in [2.05, 4.69) is 40.8 Å². The molecule has 1 aliphatic rings. The van der Waals surface area contributed by atoms with E-state index in [9.17, 15) is 4.79 Å². The number of hydrogen-bond donors (Lipinski definition) is 2. The fourth-order valence-corrected chi connectivity index (χ4v) is 3.09. The van der Waals surface area contributed by atoms with Gasteiger partial charge in [-0.25, -0.2) is 0 Å². The van der Waals surface area contributed by atoms with Gasteiger partial charge in [0, 0.05) is 18.4 Å². The van der Waals surface area contributed by atoms with Crippen molar-refractivity contribution in [2.24, 2.45) is 0 Å². The third kappa shape index (κ3) is 5.18. The molecule has 1 amide bonds. The Morgan fingerprint density at radius 1 is 1.16 bits per heavy atom. The molecular formula is C21H25N3O. The van der Waals surface area contributed by atoms with Crippen LogP contribution in [0.25, 0.3) is 0 Å². The molecule has 1 aromatic heterocycles. The van der Waals surface area contributed by atoms with E-state index in [1.165, 1.54) is 36.8 Å². The Hall–Kier alpha value is -2.62. The number of amides is 1. The van der Waals surface area contributed by atoms with E-state index in [-0.39, 0.29) is 5.91 Å². The Morgan fingerprint density at radius 3 is 2.88 bits per heavy atom. The Labute approximate surface area is 149 Å². The van der Waals surface area contributed by atoms with Gasteiger partial charge in [-0.2, -0.15) is 0 Å². The minimum Gasteiger partial charge on any atom is -0.354 e. The van der Waals surface area contributed by atoms with Crippen molar-refractivity contribution < 1.29 is 4.79 Å². The molecule has 130 valence electrons. The van der Waals surface area contributed by atoms with Crippen LogP contribution in [0.2, 0.25) is 0 Å². The minimum atomic E-state index is -0.0724. The Morgan fingerprint density at radius 2 is 2.08 bits per heavy atom. The lowest BCUT2D eigenvalue weighted by atomic mass is 9.97.